The van der Waals surface area contributed by atoms with Gasteiger partial charge in [-0.1, -0.05) is 40.9 Å². The Morgan fingerprint density at radius 3 is 2.66 bits per heavy atom. The van der Waals surface area contributed by atoms with Crippen molar-refractivity contribution < 1.29 is 13.9 Å². The lowest BCUT2D eigenvalue weighted by Gasteiger charge is -2.09. The lowest BCUT2D eigenvalue weighted by molar-refractivity contribution is -0.111. The zero-order chi connectivity index (χ0) is 22.8. The molecule has 0 spiro atoms. The fourth-order valence-electron chi connectivity index (χ4n) is 3.17. The van der Waals surface area contributed by atoms with E-state index in [4.69, 9.17) is 44.0 Å². The van der Waals surface area contributed by atoms with Crippen molar-refractivity contribution in [3.05, 3.63) is 80.8 Å². The number of hydrogen-bond donors (Lipinski definition) is 1. The maximum Gasteiger partial charge on any atom is 0.248 e. The molecule has 0 saturated carbocycles. The summed E-state index contributed by atoms with van der Waals surface area (Å²) in [5.41, 5.74) is 4.14. The van der Waals surface area contributed by atoms with Gasteiger partial charge in [0.2, 0.25) is 11.8 Å². The Morgan fingerprint density at radius 1 is 1.06 bits per heavy atom. The number of nitrogens with zero attached hydrogens (tertiary/aromatic N) is 1. The summed E-state index contributed by atoms with van der Waals surface area (Å²) in [6.07, 6.45) is 2.98. The van der Waals surface area contributed by atoms with Gasteiger partial charge in [0.1, 0.15) is 11.3 Å². The van der Waals surface area contributed by atoms with E-state index in [1.165, 1.54) is 13.2 Å². The molecule has 1 amide bonds. The van der Waals surface area contributed by atoms with Crippen LogP contribution < -0.4 is 10.1 Å². The van der Waals surface area contributed by atoms with Gasteiger partial charge in [0.15, 0.2) is 5.58 Å². The van der Waals surface area contributed by atoms with Gasteiger partial charge in [-0.15, -0.1) is 0 Å². The zero-order valence-electron chi connectivity index (χ0n) is 17.1. The van der Waals surface area contributed by atoms with Crippen LogP contribution in [-0.4, -0.2) is 18.0 Å². The third kappa shape index (κ3) is 4.75. The van der Waals surface area contributed by atoms with Gasteiger partial charge in [-0.05, 0) is 61.0 Å². The molecule has 4 aromatic rings. The Hall–Kier alpha value is -2.99. The van der Waals surface area contributed by atoms with Crippen molar-refractivity contribution in [1.29, 1.82) is 0 Å². The molecule has 4 rings (SSSR count). The molecule has 1 aromatic heterocycles. The number of rotatable bonds is 5. The monoisotopic (exact) mass is 486 g/mol. The van der Waals surface area contributed by atoms with Crippen LogP contribution in [-0.2, 0) is 4.79 Å². The Balaban J connectivity index is 1.58. The molecule has 8 heteroatoms. The Labute approximate surface area is 199 Å². The molecular weight excluding hydrogens is 471 g/mol. The Morgan fingerprint density at radius 2 is 1.88 bits per heavy atom. The van der Waals surface area contributed by atoms with E-state index in [-0.39, 0.29) is 5.91 Å². The summed E-state index contributed by atoms with van der Waals surface area (Å²) in [6, 6.07) is 14.1. The van der Waals surface area contributed by atoms with E-state index >= 15 is 0 Å². The Bertz CT molecular complexity index is 1360. The molecule has 0 radical (unpaired) electrons. The molecule has 162 valence electrons. The molecule has 0 unspecified atom stereocenters. The van der Waals surface area contributed by atoms with Crippen LogP contribution >= 0.6 is 34.8 Å². The number of amides is 1. The van der Waals surface area contributed by atoms with Gasteiger partial charge in [-0.3, -0.25) is 4.79 Å². The molecule has 1 heterocycles. The third-order valence-corrected chi connectivity index (χ3v) is 5.48. The molecule has 1 N–H and O–H groups in total. The molecule has 0 aliphatic carbocycles. The van der Waals surface area contributed by atoms with Crippen LogP contribution in [0.1, 0.15) is 11.1 Å². The van der Waals surface area contributed by atoms with Crippen LogP contribution in [0.2, 0.25) is 15.1 Å². The number of methoxy groups -OCH3 is 1. The fraction of sp³-hybridized carbons (Fsp3) is 0.0833. The number of hydrogen-bond acceptors (Lipinski definition) is 4. The molecule has 0 atom stereocenters. The fourth-order valence-corrected chi connectivity index (χ4v) is 3.93. The maximum atomic E-state index is 12.6. The number of aryl methyl sites for hydroxylation is 1. The number of carbonyl (C=O) groups excluding carboxylic acids is 1. The minimum Gasteiger partial charge on any atom is -0.495 e. The predicted molar refractivity (Wildman–Crippen MR) is 130 cm³/mol. The minimum absolute atomic E-state index is 0.326. The average molecular weight is 488 g/mol. The molecule has 5 nitrogen and oxygen atoms in total. The lowest BCUT2D eigenvalue weighted by Crippen LogP contribution is -2.09. The van der Waals surface area contributed by atoms with E-state index in [1.807, 2.05) is 25.1 Å². The van der Waals surface area contributed by atoms with E-state index in [0.29, 0.717) is 49.1 Å². The van der Waals surface area contributed by atoms with Crippen molar-refractivity contribution in [2.75, 3.05) is 12.4 Å². The summed E-state index contributed by atoms with van der Waals surface area (Å²) in [5.74, 6) is 0.550. The van der Waals surface area contributed by atoms with Gasteiger partial charge < -0.3 is 14.5 Å². The topological polar surface area (TPSA) is 64.4 Å². The highest BCUT2D eigenvalue weighted by Crippen LogP contribution is 2.33. The summed E-state index contributed by atoms with van der Waals surface area (Å²) in [6.45, 7) is 1.90. The van der Waals surface area contributed by atoms with Crippen molar-refractivity contribution >= 4 is 63.6 Å². The minimum atomic E-state index is -0.326. The number of carbonyl (C=O) groups is 1. The highest BCUT2D eigenvalue weighted by molar-refractivity contribution is 6.36. The van der Waals surface area contributed by atoms with E-state index < -0.39 is 0 Å². The Kier molecular flexibility index (Phi) is 6.42. The van der Waals surface area contributed by atoms with Crippen molar-refractivity contribution in [2.45, 2.75) is 6.92 Å². The number of halogens is 3. The van der Waals surface area contributed by atoms with E-state index in [2.05, 4.69) is 10.3 Å². The van der Waals surface area contributed by atoms with Crippen molar-refractivity contribution in [1.82, 2.24) is 4.98 Å². The second-order valence-electron chi connectivity index (χ2n) is 6.99. The molecule has 0 saturated heterocycles. The molecule has 0 bridgehead atoms. The number of fused-ring (bicyclic) bond motifs is 1. The molecule has 32 heavy (non-hydrogen) atoms. The van der Waals surface area contributed by atoms with Crippen LogP contribution in [0.4, 0.5) is 5.69 Å². The number of aromatic nitrogens is 1. The van der Waals surface area contributed by atoms with Gasteiger partial charge in [0, 0.05) is 32.9 Å². The largest absolute Gasteiger partial charge is 0.495 e. The smallest absolute Gasteiger partial charge is 0.248 e. The molecule has 0 aliphatic rings. The summed E-state index contributed by atoms with van der Waals surface area (Å²) in [4.78, 5) is 17.1. The quantitative estimate of drug-likeness (QED) is 0.297. The number of ether oxygens (including phenoxy) is 1. The summed E-state index contributed by atoms with van der Waals surface area (Å²) < 4.78 is 11.1. The normalized spacial score (nSPS) is 11.3. The number of oxazole rings is 1. The molecule has 0 fully saturated rings. The maximum absolute atomic E-state index is 12.6. The summed E-state index contributed by atoms with van der Waals surface area (Å²) >= 11 is 18.2. The van der Waals surface area contributed by atoms with Gasteiger partial charge in [-0.25, -0.2) is 4.98 Å². The number of benzene rings is 3. The van der Waals surface area contributed by atoms with Crippen molar-refractivity contribution in [3.63, 3.8) is 0 Å². The SMILES string of the molecule is COc1c(Cl)cc(Cl)cc1/C=C/C(=O)Nc1cc(-c2nc3cc(Cl)ccc3o2)ccc1C. The first-order valence-electron chi connectivity index (χ1n) is 9.53. The first-order valence-corrected chi connectivity index (χ1v) is 10.7. The first kappa shape index (κ1) is 22.2. The second-order valence-corrected chi connectivity index (χ2v) is 8.27. The second kappa shape index (κ2) is 9.25. The van der Waals surface area contributed by atoms with E-state index in [1.54, 1.807) is 36.4 Å². The summed E-state index contributed by atoms with van der Waals surface area (Å²) in [5, 5.41) is 4.27. The van der Waals surface area contributed by atoms with Crippen LogP contribution in [0.5, 0.6) is 5.75 Å². The van der Waals surface area contributed by atoms with Gasteiger partial charge in [0.25, 0.3) is 0 Å². The predicted octanol–water partition coefficient (Wildman–Crippen LogP) is 7.42. The molecular formula is C24H17Cl3N2O3. The van der Waals surface area contributed by atoms with E-state index in [0.717, 1.165) is 11.1 Å². The molecule has 3 aromatic carbocycles. The third-order valence-electron chi connectivity index (χ3n) is 4.75. The van der Waals surface area contributed by atoms with Crippen LogP contribution in [0.15, 0.2) is 59.0 Å². The standard InChI is InChI=1S/C24H17Cl3N2O3/c1-13-3-4-15(24-29-20-12-16(25)6-7-21(20)32-24)10-19(13)28-22(30)8-5-14-9-17(26)11-18(27)23(14)31-2/h3-12H,1-2H3,(H,28,30)/b8-5+. The zero-order valence-corrected chi connectivity index (χ0v) is 19.3. The van der Waals surface area contributed by atoms with Crippen LogP contribution in [0.3, 0.4) is 0 Å². The van der Waals surface area contributed by atoms with Gasteiger partial charge in [0.05, 0.1) is 12.1 Å². The van der Waals surface area contributed by atoms with Gasteiger partial charge in [-0.2, -0.15) is 0 Å². The van der Waals surface area contributed by atoms with Crippen molar-refractivity contribution in [3.8, 4) is 17.2 Å². The van der Waals surface area contributed by atoms with Crippen molar-refractivity contribution in [2.24, 2.45) is 0 Å². The highest BCUT2D eigenvalue weighted by atomic mass is 35.5. The lowest BCUT2D eigenvalue weighted by atomic mass is 10.1. The van der Waals surface area contributed by atoms with Gasteiger partial charge >= 0.3 is 0 Å². The average Bonchev–Trinajstić information content (AvgIpc) is 3.16. The molecule has 0 aliphatic heterocycles. The highest BCUT2D eigenvalue weighted by Gasteiger charge is 2.12. The van der Waals surface area contributed by atoms with Crippen LogP contribution in [0.25, 0.3) is 28.6 Å². The number of anilines is 1. The van der Waals surface area contributed by atoms with E-state index in [9.17, 15) is 4.79 Å². The first-order chi connectivity index (χ1) is 15.3. The number of nitrogens with one attached hydrogen (secondary N) is 1. The van der Waals surface area contributed by atoms with Crippen LogP contribution in [0, 0.1) is 6.92 Å². The summed E-state index contributed by atoms with van der Waals surface area (Å²) in [7, 11) is 1.50.